The minimum atomic E-state index is -1.02. The van der Waals surface area contributed by atoms with Gasteiger partial charge in [0.2, 0.25) is 5.76 Å². The van der Waals surface area contributed by atoms with E-state index in [1.54, 1.807) is 0 Å². The fourth-order valence-electron chi connectivity index (χ4n) is 1.48. The zero-order valence-electron chi connectivity index (χ0n) is 6.90. The molecule has 0 spiro atoms. The first-order valence-electron chi connectivity index (χ1n) is 4.04. The van der Waals surface area contributed by atoms with Crippen molar-refractivity contribution in [2.75, 3.05) is 11.5 Å². The lowest BCUT2D eigenvalue weighted by Crippen LogP contribution is -2.03. The van der Waals surface area contributed by atoms with E-state index in [-0.39, 0.29) is 5.76 Å². The Labute approximate surface area is 79.3 Å². The van der Waals surface area contributed by atoms with Crippen molar-refractivity contribution in [2.45, 2.75) is 12.3 Å². The lowest BCUT2D eigenvalue weighted by Gasteiger charge is -2.03. The van der Waals surface area contributed by atoms with E-state index in [0.29, 0.717) is 5.92 Å². The average molecular weight is 199 g/mol. The maximum Gasteiger partial charge on any atom is 0.375 e. The topological polar surface area (TPSA) is 63.3 Å². The second kappa shape index (κ2) is 3.41. The summed E-state index contributed by atoms with van der Waals surface area (Å²) in [5.41, 5.74) is 0.748. The fourth-order valence-corrected chi connectivity index (χ4v) is 2.73. The van der Waals surface area contributed by atoms with Crippen LogP contribution in [-0.4, -0.2) is 27.7 Å². The van der Waals surface area contributed by atoms with E-state index < -0.39 is 5.97 Å². The molecular formula is C8H9NO3S. The van der Waals surface area contributed by atoms with Crippen molar-refractivity contribution >= 4 is 17.7 Å². The molecule has 1 aromatic heterocycles. The normalized spacial score (nSPS) is 22.0. The highest BCUT2D eigenvalue weighted by Gasteiger charge is 2.26. The molecule has 5 heteroatoms. The summed E-state index contributed by atoms with van der Waals surface area (Å²) in [5.74, 6) is 1.36. The lowest BCUT2D eigenvalue weighted by molar-refractivity contribution is 0.0649. The van der Waals surface area contributed by atoms with E-state index in [4.69, 9.17) is 5.11 Å². The summed E-state index contributed by atoms with van der Waals surface area (Å²) in [5, 5.41) is 12.3. The third-order valence-corrected chi connectivity index (χ3v) is 3.32. The van der Waals surface area contributed by atoms with Gasteiger partial charge in [0, 0.05) is 11.3 Å². The maximum absolute atomic E-state index is 10.7. The Bertz CT molecular complexity index is 317. The first kappa shape index (κ1) is 8.62. The number of rotatable bonds is 2. The Balaban J connectivity index is 2.28. The van der Waals surface area contributed by atoms with E-state index in [1.165, 1.54) is 6.20 Å². The lowest BCUT2D eigenvalue weighted by atomic mass is 10.00. The van der Waals surface area contributed by atoms with Gasteiger partial charge < -0.3 is 9.63 Å². The van der Waals surface area contributed by atoms with Crippen LogP contribution >= 0.6 is 11.8 Å². The fraction of sp³-hybridized carbons (Fsp3) is 0.500. The van der Waals surface area contributed by atoms with Crippen LogP contribution in [0.4, 0.5) is 0 Å². The van der Waals surface area contributed by atoms with Crippen LogP contribution in [0.25, 0.3) is 0 Å². The monoisotopic (exact) mass is 199 g/mol. The molecule has 13 heavy (non-hydrogen) atoms. The number of nitrogens with zero attached hydrogens (tertiary/aromatic N) is 1. The number of thioether (sulfide) groups is 1. The minimum absolute atomic E-state index is 0.00694. The van der Waals surface area contributed by atoms with Crippen LogP contribution in [0.5, 0.6) is 0 Å². The highest BCUT2D eigenvalue weighted by Crippen LogP contribution is 2.33. The van der Waals surface area contributed by atoms with Crippen LogP contribution in [0.1, 0.15) is 28.5 Å². The Morgan fingerprint density at radius 1 is 1.77 bits per heavy atom. The molecule has 1 aromatic rings. The van der Waals surface area contributed by atoms with E-state index in [0.717, 1.165) is 23.5 Å². The van der Waals surface area contributed by atoms with Gasteiger partial charge in [0.15, 0.2) is 0 Å². The molecule has 0 bridgehead atoms. The van der Waals surface area contributed by atoms with Gasteiger partial charge in [0.05, 0.1) is 6.20 Å². The second-order valence-corrected chi connectivity index (χ2v) is 4.13. The molecule has 0 aliphatic carbocycles. The largest absolute Gasteiger partial charge is 0.475 e. The Morgan fingerprint density at radius 3 is 3.23 bits per heavy atom. The summed E-state index contributed by atoms with van der Waals surface area (Å²) < 4.78 is 4.68. The Kier molecular flexibility index (Phi) is 2.26. The standard InChI is InChI=1S/C8H9NO3S/c10-8(11)7-6(3-9-12-7)5-1-2-13-4-5/h3,5H,1-2,4H2,(H,10,11). The van der Waals surface area contributed by atoms with E-state index in [9.17, 15) is 4.79 Å². The number of aromatic carboxylic acids is 1. The highest BCUT2D eigenvalue weighted by molar-refractivity contribution is 7.99. The van der Waals surface area contributed by atoms with Crippen LogP contribution in [0, 0.1) is 0 Å². The first-order chi connectivity index (χ1) is 6.29. The number of carboxylic acids is 1. The number of hydrogen-bond acceptors (Lipinski definition) is 4. The van der Waals surface area contributed by atoms with Crippen LogP contribution in [0.2, 0.25) is 0 Å². The predicted molar refractivity (Wildman–Crippen MR) is 48.1 cm³/mol. The highest BCUT2D eigenvalue weighted by atomic mass is 32.2. The van der Waals surface area contributed by atoms with Gasteiger partial charge in [-0.15, -0.1) is 0 Å². The van der Waals surface area contributed by atoms with Crippen LogP contribution < -0.4 is 0 Å². The minimum Gasteiger partial charge on any atom is -0.475 e. The SMILES string of the molecule is O=C(O)c1oncc1C1CCSC1. The van der Waals surface area contributed by atoms with Gasteiger partial charge in [-0.05, 0) is 18.1 Å². The zero-order chi connectivity index (χ0) is 9.26. The summed E-state index contributed by atoms with van der Waals surface area (Å²) in [6.45, 7) is 0. The Morgan fingerprint density at radius 2 is 2.62 bits per heavy atom. The van der Waals surface area contributed by atoms with Crippen LogP contribution in [0.3, 0.4) is 0 Å². The van der Waals surface area contributed by atoms with Crippen LogP contribution in [0.15, 0.2) is 10.7 Å². The van der Waals surface area contributed by atoms with E-state index >= 15 is 0 Å². The third-order valence-electron chi connectivity index (χ3n) is 2.16. The van der Waals surface area contributed by atoms with Crippen LogP contribution in [-0.2, 0) is 0 Å². The molecule has 70 valence electrons. The summed E-state index contributed by atoms with van der Waals surface area (Å²) in [6.07, 6.45) is 2.55. The maximum atomic E-state index is 10.7. The predicted octanol–water partition coefficient (Wildman–Crippen LogP) is 1.59. The molecule has 0 saturated carbocycles. The smallest absolute Gasteiger partial charge is 0.375 e. The second-order valence-electron chi connectivity index (χ2n) is 2.98. The molecule has 1 saturated heterocycles. The molecule has 1 unspecified atom stereocenters. The van der Waals surface area contributed by atoms with Gasteiger partial charge in [0.1, 0.15) is 0 Å². The summed E-state index contributed by atoms with van der Waals surface area (Å²) in [7, 11) is 0. The van der Waals surface area contributed by atoms with Crippen molar-refractivity contribution in [2.24, 2.45) is 0 Å². The van der Waals surface area contributed by atoms with Crippen molar-refractivity contribution in [1.82, 2.24) is 5.16 Å². The van der Waals surface area contributed by atoms with Gasteiger partial charge in [0.25, 0.3) is 0 Å². The molecule has 1 aliphatic heterocycles. The summed E-state index contributed by atoms with van der Waals surface area (Å²) >= 11 is 1.84. The molecule has 0 aromatic carbocycles. The average Bonchev–Trinajstić information content (AvgIpc) is 2.74. The van der Waals surface area contributed by atoms with E-state index in [1.807, 2.05) is 11.8 Å². The van der Waals surface area contributed by atoms with Gasteiger partial charge in [-0.3, -0.25) is 0 Å². The molecule has 2 heterocycles. The first-order valence-corrected chi connectivity index (χ1v) is 5.20. The van der Waals surface area contributed by atoms with Gasteiger partial charge in [-0.25, -0.2) is 4.79 Å². The molecule has 0 amide bonds. The number of carboxylic acid groups (broad SMARTS) is 1. The Hall–Kier alpha value is -0.970. The quantitative estimate of drug-likeness (QED) is 0.783. The molecular weight excluding hydrogens is 190 g/mol. The summed E-state index contributed by atoms with van der Waals surface area (Å²) in [6, 6.07) is 0. The van der Waals surface area contributed by atoms with E-state index in [2.05, 4.69) is 9.68 Å². The molecule has 1 N–H and O–H groups in total. The van der Waals surface area contributed by atoms with Gasteiger partial charge in [-0.2, -0.15) is 11.8 Å². The molecule has 1 aliphatic rings. The third kappa shape index (κ3) is 1.56. The van der Waals surface area contributed by atoms with Crippen molar-refractivity contribution in [3.05, 3.63) is 17.5 Å². The van der Waals surface area contributed by atoms with Crippen molar-refractivity contribution in [3.8, 4) is 0 Å². The molecule has 2 rings (SSSR count). The molecule has 4 nitrogen and oxygen atoms in total. The number of hydrogen-bond donors (Lipinski definition) is 1. The van der Waals surface area contributed by atoms with Crippen molar-refractivity contribution in [1.29, 1.82) is 0 Å². The van der Waals surface area contributed by atoms with Gasteiger partial charge in [-0.1, -0.05) is 5.16 Å². The number of aromatic nitrogens is 1. The van der Waals surface area contributed by atoms with Crippen molar-refractivity contribution < 1.29 is 14.4 Å². The number of carbonyl (C=O) groups is 1. The molecule has 1 fully saturated rings. The van der Waals surface area contributed by atoms with Gasteiger partial charge >= 0.3 is 5.97 Å². The summed E-state index contributed by atoms with van der Waals surface area (Å²) in [4.78, 5) is 10.7. The van der Waals surface area contributed by atoms with Crippen molar-refractivity contribution in [3.63, 3.8) is 0 Å². The zero-order valence-corrected chi connectivity index (χ0v) is 7.71. The molecule has 0 radical (unpaired) electrons. The molecule has 1 atom stereocenters.